The van der Waals surface area contributed by atoms with Crippen molar-refractivity contribution >= 4 is 17.4 Å². The molecule has 7 heteroatoms. The normalized spacial score (nSPS) is 12.0. The van der Waals surface area contributed by atoms with E-state index < -0.39 is 0 Å². The predicted molar refractivity (Wildman–Crippen MR) is 89.5 cm³/mol. The van der Waals surface area contributed by atoms with Crippen molar-refractivity contribution in [1.82, 2.24) is 4.98 Å². The number of nitrogens with zero attached hydrogens (tertiary/aromatic N) is 3. The third-order valence-electron chi connectivity index (χ3n) is 3.64. The molecule has 0 aliphatic carbocycles. The standard InChI is InChI=1S/C17H16ClN3O3/c1-22-7-6-21(17-5-3-13(18)14(9-19)20-17)10-12-2-4-15-16(8-12)24-11-23-15/h2-5,8H,6-7,10-11H2,1H3. The summed E-state index contributed by atoms with van der Waals surface area (Å²) < 4.78 is 15.9. The topological polar surface area (TPSA) is 67.6 Å². The van der Waals surface area contributed by atoms with Crippen molar-refractivity contribution in [3.63, 3.8) is 0 Å². The fourth-order valence-electron chi connectivity index (χ4n) is 2.42. The van der Waals surface area contributed by atoms with Crippen molar-refractivity contribution in [3.05, 3.63) is 46.6 Å². The molecule has 1 aliphatic rings. The summed E-state index contributed by atoms with van der Waals surface area (Å²) in [4.78, 5) is 6.36. The molecular weight excluding hydrogens is 330 g/mol. The molecule has 24 heavy (non-hydrogen) atoms. The van der Waals surface area contributed by atoms with Crippen LogP contribution in [0.1, 0.15) is 11.3 Å². The number of hydrogen-bond acceptors (Lipinski definition) is 6. The van der Waals surface area contributed by atoms with Crippen molar-refractivity contribution in [2.24, 2.45) is 0 Å². The first-order valence-electron chi connectivity index (χ1n) is 7.40. The Morgan fingerprint density at radius 2 is 2.12 bits per heavy atom. The highest BCUT2D eigenvalue weighted by molar-refractivity contribution is 6.31. The first-order chi connectivity index (χ1) is 11.7. The summed E-state index contributed by atoms with van der Waals surface area (Å²) in [6, 6.07) is 11.3. The Labute approximate surface area is 145 Å². The Morgan fingerprint density at radius 3 is 2.92 bits per heavy atom. The quantitative estimate of drug-likeness (QED) is 0.801. The van der Waals surface area contributed by atoms with Crippen LogP contribution < -0.4 is 14.4 Å². The fourth-order valence-corrected chi connectivity index (χ4v) is 2.57. The zero-order chi connectivity index (χ0) is 16.9. The second-order valence-corrected chi connectivity index (χ2v) is 5.62. The number of nitriles is 1. The van der Waals surface area contributed by atoms with Gasteiger partial charge in [0.25, 0.3) is 0 Å². The van der Waals surface area contributed by atoms with Crippen molar-refractivity contribution in [1.29, 1.82) is 5.26 Å². The maximum Gasteiger partial charge on any atom is 0.231 e. The van der Waals surface area contributed by atoms with Crippen molar-refractivity contribution in [2.45, 2.75) is 6.54 Å². The predicted octanol–water partition coefficient (Wildman–Crippen LogP) is 2.99. The second-order valence-electron chi connectivity index (χ2n) is 5.21. The fraction of sp³-hybridized carbons (Fsp3) is 0.294. The van der Waals surface area contributed by atoms with Crippen LogP contribution in [-0.4, -0.2) is 32.0 Å². The van der Waals surface area contributed by atoms with Crippen LogP contribution in [-0.2, 0) is 11.3 Å². The third kappa shape index (κ3) is 3.53. The van der Waals surface area contributed by atoms with E-state index in [1.165, 1.54) is 0 Å². The molecule has 0 radical (unpaired) electrons. The number of rotatable bonds is 6. The van der Waals surface area contributed by atoms with E-state index >= 15 is 0 Å². The van der Waals surface area contributed by atoms with Gasteiger partial charge in [-0.05, 0) is 29.8 Å². The maximum absolute atomic E-state index is 9.13. The van der Waals surface area contributed by atoms with E-state index in [0.717, 1.165) is 17.1 Å². The SMILES string of the molecule is COCCN(Cc1ccc2c(c1)OCO2)c1ccc(Cl)c(C#N)n1. The molecule has 0 saturated carbocycles. The minimum atomic E-state index is 0.210. The van der Waals surface area contributed by atoms with E-state index in [1.807, 2.05) is 29.2 Å². The number of halogens is 1. The van der Waals surface area contributed by atoms with Crippen LogP contribution in [0.15, 0.2) is 30.3 Å². The highest BCUT2D eigenvalue weighted by Crippen LogP contribution is 2.33. The molecule has 124 valence electrons. The molecule has 3 rings (SSSR count). The molecule has 0 amide bonds. The van der Waals surface area contributed by atoms with Crippen molar-refractivity contribution in [3.8, 4) is 17.6 Å². The average molecular weight is 346 g/mol. The summed E-state index contributed by atoms with van der Waals surface area (Å²) in [5, 5.41) is 9.47. The number of anilines is 1. The van der Waals surface area contributed by atoms with Gasteiger partial charge in [0, 0.05) is 20.2 Å². The molecule has 1 aromatic carbocycles. The lowest BCUT2D eigenvalue weighted by Gasteiger charge is -2.24. The lowest BCUT2D eigenvalue weighted by Crippen LogP contribution is -2.27. The Balaban J connectivity index is 1.85. The van der Waals surface area contributed by atoms with Crippen molar-refractivity contribution < 1.29 is 14.2 Å². The average Bonchev–Trinajstić information content (AvgIpc) is 3.07. The van der Waals surface area contributed by atoms with Gasteiger partial charge in [-0.1, -0.05) is 17.7 Å². The molecule has 0 spiro atoms. The number of ether oxygens (including phenoxy) is 3. The largest absolute Gasteiger partial charge is 0.454 e. The van der Waals surface area contributed by atoms with Gasteiger partial charge in [-0.2, -0.15) is 5.26 Å². The first-order valence-corrected chi connectivity index (χ1v) is 7.78. The maximum atomic E-state index is 9.13. The minimum Gasteiger partial charge on any atom is -0.454 e. The molecular formula is C17H16ClN3O3. The summed E-state index contributed by atoms with van der Waals surface area (Å²) in [5.74, 6) is 2.16. The van der Waals surface area contributed by atoms with Gasteiger partial charge in [-0.25, -0.2) is 4.98 Å². The number of fused-ring (bicyclic) bond motifs is 1. The van der Waals surface area contributed by atoms with Crippen LogP contribution in [0, 0.1) is 11.3 Å². The van der Waals surface area contributed by atoms with Crippen LogP contribution in [0.4, 0.5) is 5.82 Å². The first kappa shape index (κ1) is 16.4. The Kier molecular flexibility index (Phi) is 5.04. The highest BCUT2D eigenvalue weighted by atomic mass is 35.5. The van der Waals surface area contributed by atoms with E-state index in [1.54, 1.807) is 19.2 Å². The molecule has 2 aromatic rings. The Hall–Kier alpha value is -2.49. The van der Waals surface area contributed by atoms with Crippen LogP contribution in [0.2, 0.25) is 5.02 Å². The number of aromatic nitrogens is 1. The smallest absolute Gasteiger partial charge is 0.231 e. The van der Waals surface area contributed by atoms with Gasteiger partial charge in [0.15, 0.2) is 17.2 Å². The summed E-state index contributed by atoms with van der Waals surface area (Å²) in [5.41, 5.74) is 1.26. The van der Waals surface area contributed by atoms with Crippen LogP contribution in [0.25, 0.3) is 0 Å². The van der Waals surface area contributed by atoms with E-state index in [-0.39, 0.29) is 12.5 Å². The summed E-state index contributed by atoms with van der Waals surface area (Å²) in [7, 11) is 1.65. The monoisotopic (exact) mass is 345 g/mol. The number of benzene rings is 1. The Bertz CT molecular complexity index is 776. The van der Waals surface area contributed by atoms with E-state index in [4.69, 9.17) is 31.1 Å². The lowest BCUT2D eigenvalue weighted by molar-refractivity contribution is 0.174. The minimum absolute atomic E-state index is 0.210. The molecule has 1 aromatic heterocycles. The van der Waals surface area contributed by atoms with Gasteiger partial charge in [-0.3, -0.25) is 0 Å². The third-order valence-corrected chi connectivity index (χ3v) is 3.94. The van der Waals surface area contributed by atoms with Gasteiger partial charge in [0.05, 0.1) is 11.6 Å². The van der Waals surface area contributed by atoms with Gasteiger partial charge in [0.2, 0.25) is 6.79 Å². The zero-order valence-corrected chi connectivity index (χ0v) is 13.9. The molecule has 0 atom stereocenters. The van der Waals surface area contributed by atoms with E-state index in [0.29, 0.717) is 30.5 Å². The van der Waals surface area contributed by atoms with Gasteiger partial charge in [-0.15, -0.1) is 0 Å². The Morgan fingerprint density at radius 1 is 1.29 bits per heavy atom. The number of pyridine rings is 1. The molecule has 0 N–H and O–H groups in total. The van der Waals surface area contributed by atoms with Crippen LogP contribution >= 0.6 is 11.6 Å². The van der Waals surface area contributed by atoms with Crippen molar-refractivity contribution in [2.75, 3.05) is 32.0 Å². The zero-order valence-electron chi connectivity index (χ0n) is 13.2. The van der Waals surface area contributed by atoms with E-state index in [9.17, 15) is 0 Å². The van der Waals surface area contributed by atoms with Crippen LogP contribution in [0.5, 0.6) is 11.5 Å². The van der Waals surface area contributed by atoms with Gasteiger partial charge < -0.3 is 19.1 Å². The molecule has 2 heterocycles. The van der Waals surface area contributed by atoms with Crippen LogP contribution in [0.3, 0.4) is 0 Å². The number of methoxy groups -OCH3 is 1. The second kappa shape index (κ2) is 7.39. The van der Waals surface area contributed by atoms with E-state index in [2.05, 4.69) is 4.98 Å². The number of hydrogen-bond donors (Lipinski definition) is 0. The highest BCUT2D eigenvalue weighted by Gasteiger charge is 2.16. The lowest BCUT2D eigenvalue weighted by atomic mass is 10.2. The molecule has 6 nitrogen and oxygen atoms in total. The molecule has 1 aliphatic heterocycles. The summed E-state index contributed by atoms with van der Waals surface area (Å²) >= 11 is 5.97. The molecule has 0 unspecified atom stereocenters. The van der Waals surface area contributed by atoms with Gasteiger partial charge in [0.1, 0.15) is 11.9 Å². The summed E-state index contributed by atoms with van der Waals surface area (Å²) in [6.45, 7) is 2.01. The molecule has 0 fully saturated rings. The molecule has 0 bridgehead atoms. The molecule has 0 saturated heterocycles. The van der Waals surface area contributed by atoms with Gasteiger partial charge >= 0.3 is 0 Å². The summed E-state index contributed by atoms with van der Waals surface area (Å²) in [6.07, 6.45) is 0.